The van der Waals surface area contributed by atoms with Gasteiger partial charge in [0.15, 0.2) is 0 Å². The second-order valence-electron chi connectivity index (χ2n) is 5.65. The Hall–Kier alpha value is -3.09. The lowest BCUT2D eigenvalue weighted by Crippen LogP contribution is -2.15. The van der Waals surface area contributed by atoms with E-state index >= 15 is 0 Å². The monoisotopic (exact) mass is 459 g/mol. The SMILES string of the molecule is COc1cc(N/C=C(/C#N)C(=O)Nc2ccc(Cl)c(C(F)(F)F)c2)c(OC)cc1Cl. The Labute approximate surface area is 179 Å². The van der Waals surface area contributed by atoms with E-state index in [2.05, 4.69) is 10.6 Å². The molecule has 0 radical (unpaired) electrons. The summed E-state index contributed by atoms with van der Waals surface area (Å²) in [7, 11) is 2.80. The second-order valence-corrected chi connectivity index (χ2v) is 6.46. The van der Waals surface area contributed by atoms with Crippen LogP contribution in [-0.4, -0.2) is 20.1 Å². The summed E-state index contributed by atoms with van der Waals surface area (Å²) in [5, 5.41) is 14.0. The van der Waals surface area contributed by atoms with Gasteiger partial charge in [0.05, 0.1) is 35.5 Å². The van der Waals surface area contributed by atoms with E-state index < -0.39 is 28.2 Å². The predicted octanol–water partition coefficient (Wildman–Crippen LogP) is 5.49. The molecule has 0 fully saturated rings. The first kappa shape index (κ1) is 23.2. The second kappa shape index (κ2) is 9.61. The van der Waals surface area contributed by atoms with Crippen molar-refractivity contribution in [1.29, 1.82) is 5.26 Å². The summed E-state index contributed by atoms with van der Waals surface area (Å²) in [6.07, 6.45) is -3.63. The summed E-state index contributed by atoms with van der Waals surface area (Å²) in [4.78, 5) is 12.3. The maximum atomic E-state index is 13.0. The number of nitrogens with zero attached hydrogens (tertiary/aromatic N) is 1. The normalized spacial score (nSPS) is 11.5. The van der Waals surface area contributed by atoms with Crippen molar-refractivity contribution in [3.63, 3.8) is 0 Å². The van der Waals surface area contributed by atoms with E-state index in [0.717, 1.165) is 12.3 Å². The molecule has 1 amide bonds. The molecule has 0 aliphatic rings. The van der Waals surface area contributed by atoms with Gasteiger partial charge in [-0.25, -0.2) is 0 Å². The molecule has 158 valence electrons. The smallest absolute Gasteiger partial charge is 0.417 e. The number of carbonyl (C=O) groups is 1. The van der Waals surface area contributed by atoms with Gasteiger partial charge >= 0.3 is 6.18 Å². The quantitative estimate of drug-likeness (QED) is 0.440. The zero-order chi connectivity index (χ0) is 22.5. The number of hydrogen-bond donors (Lipinski definition) is 2. The van der Waals surface area contributed by atoms with Gasteiger partial charge in [0.2, 0.25) is 0 Å². The molecule has 0 aromatic heterocycles. The number of ether oxygens (including phenoxy) is 2. The Kier molecular flexibility index (Phi) is 7.43. The van der Waals surface area contributed by atoms with Gasteiger partial charge in [0.25, 0.3) is 5.91 Å². The van der Waals surface area contributed by atoms with Gasteiger partial charge in [-0.2, -0.15) is 18.4 Å². The molecule has 2 aromatic carbocycles. The third-order valence-electron chi connectivity index (χ3n) is 3.74. The number of amides is 1. The van der Waals surface area contributed by atoms with Crippen LogP contribution in [0, 0.1) is 11.3 Å². The van der Waals surface area contributed by atoms with Crippen LogP contribution in [0.3, 0.4) is 0 Å². The number of rotatable bonds is 6. The number of halogens is 5. The highest BCUT2D eigenvalue weighted by molar-refractivity contribution is 6.32. The van der Waals surface area contributed by atoms with Crippen LogP contribution >= 0.6 is 23.2 Å². The number of benzene rings is 2. The van der Waals surface area contributed by atoms with Crippen LogP contribution in [0.15, 0.2) is 42.1 Å². The molecule has 0 saturated carbocycles. The van der Waals surface area contributed by atoms with Crippen molar-refractivity contribution in [1.82, 2.24) is 0 Å². The largest absolute Gasteiger partial charge is 0.495 e. The topological polar surface area (TPSA) is 83.4 Å². The highest BCUT2D eigenvalue weighted by atomic mass is 35.5. The lowest BCUT2D eigenvalue weighted by molar-refractivity contribution is -0.137. The number of alkyl halides is 3. The third-order valence-corrected chi connectivity index (χ3v) is 4.37. The molecule has 0 aliphatic carbocycles. The minimum atomic E-state index is -4.70. The molecule has 0 atom stereocenters. The van der Waals surface area contributed by atoms with Crippen LogP contribution in [0.4, 0.5) is 24.5 Å². The molecular formula is C19H14Cl2F3N3O3. The van der Waals surface area contributed by atoms with Crippen LogP contribution in [0.25, 0.3) is 0 Å². The molecule has 30 heavy (non-hydrogen) atoms. The van der Waals surface area contributed by atoms with Crippen molar-refractivity contribution in [3.05, 3.63) is 57.7 Å². The standard InChI is InChI=1S/C19H14Cl2F3N3O3/c1-29-16-7-15(17(30-2)6-14(16)21)26-9-10(8-25)18(28)27-11-3-4-13(20)12(5-11)19(22,23)24/h3-7,9,26H,1-2H3,(H,27,28)/b10-9-. The van der Waals surface area contributed by atoms with Crippen LogP contribution in [0.2, 0.25) is 10.0 Å². The molecular weight excluding hydrogens is 446 g/mol. The van der Waals surface area contributed by atoms with Crippen molar-refractivity contribution in [3.8, 4) is 17.6 Å². The molecule has 6 nitrogen and oxygen atoms in total. The number of methoxy groups -OCH3 is 2. The number of carbonyl (C=O) groups excluding carboxylic acids is 1. The summed E-state index contributed by atoms with van der Waals surface area (Å²) in [5.74, 6) is -0.306. The van der Waals surface area contributed by atoms with Gasteiger partial charge < -0.3 is 20.1 Å². The minimum Gasteiger partial charge on any atom is -0.495 e. The van der Waals surface area contributed by atoms with E-state index in [1.165, 1.54) is 32.4 Å². The molecule has 2 aromatic rings. The van der Waals surface area contributed by atoms with Gasteiger partial charge in [0, 0.05) is 24.0 Å². The zero-order valence-electron chi connectivity index (χ0n) is 15.5. The number of nitrogens with one attached hydrogen (secondary N) is 2. The first-order valence-corrected chi connectivity index (χ1v) is 8.82. The first-order valence-electron chi connectivity index (χ1n) is 8.07. The average molecular weight is 460 g/mol. The predicted molar refractivity (Wildman–Crippen MR) is 107 cm³/mol. The van der Waals surface area contributed by atoms with Crippen molar-refractivity contribution in [2.45, 2.75) is 6.18 Å². The average Bonchev–Trinajstić information content (AvgIpc) is 2.69. The Morgan fingerprint density at radius 1 is 1.10 bits per heavy atom. The maximum absolute atomic E-state index is 13.0. The van der Waals surface area contributed by atoms with E-state index in [-0.39, 0.29) is 10.7 Å². The van der Waals surface area contributed by atoms with Crippen molar-refractivity contribution >= 4 is 40.5 Å². The molecule has 2 N–H and O–H groups in total. The first-order chi connectivity index (χ1) is 14.1. The molecule has 0 unspecified atom stereocenters. The fourth-order valence-electron chi connectivity index (χ4n) is 2.29. The zero-order valence-corrected chi connectivity index (χ0v) is 17.0. The number of anilines is 2. The van der Waals surface area contributed by atoms with Crippen molar-refractivity contribution in [2.75, 3.05) is 24.9 Å². The van der Waals surface area contributed by atoms with E-state index in [9.17, 15) is 23.2 Å². The molecule has 0 heterocycles. The summed E-state index contributed by atoms with van der Waals surface area (Å²) < 4.78 is 49.1. The molecule has 0 saturated heterocycles. The molecule has 0 spiro atoms. The highest BCUT2D eigenvalue weighted by Gasteiger charge is 2.33. The maximum Gasteiger partial charge on any atom is 0.417 e. The highest BCUT2D eigenvalue weighted by Crippen LogP contribution is 2.37. The van der Waals surface area contributed by atoms with Gasteiger partial charge in [0.1, 0.15) is 23.1 Å². The lowest BCUT2D eigenvalue weighted by Gasteiger charge is -2.13. The van der Waals surface area contributed by atoms with Gasteiger partial charge in [-0.15, -0.1) is 0 Å². The van der Waals surface area contributed by atoms with Gasteiger partial charge in [-0.3, -0.25) is 4.79 Å². The van der Waals surface area contributed by atoms with Crippen LogP contribution in [0.1, 0.15) is 5.56 Å². The molecule has 11 heteroatoms. The lowest BCUT2D eigenvalue weighted by atomic mass is 10.2. The molecule has 2 rings (SSSR count). The third kappa shape index (κ3) is 5.49. The summed E-state index contributed by atoms with van der Waals surface area (Å²) >= 11 is 11.6. The van der Waals surface area contributed by atoms with Crippen molar-refractivity contribution in [2.24, 2.45) is 0 Å². The van der Waals surface area contributed by atoms with E-state index in [1.54, 1.807) is 6.07 Å². The van der Waals surface area contributed by atoms with E-state index in [1.807, 2.05) is 0 Å². The Morgan fingerprint density at radius 2 is 1.77 bits per heavy atom. The fourth-order valence-corrected chi connectivity index (χ4v) is 2.75. The Bertz CT molecular complexity index is 1030. The fraction of sp³-hybridized carbons (Fsp3) is 0.158. The van der Waals surface area contributed by atoms with Gasteiger partial charge in [-0.1, -0.05) is 23.2 Å². The number of hydrogen-bond acceptors (Lipinski definition) is 5. The van der Waals surface area contributed by atoms with E-state index in [0.29, 0.717) is 23.3 Å². The Morgan fingerprint density at radius 3 is 2.33 bits per heavy atom. The van der Waals surface area contributed by atoms with Crippen LogP contribution < -0.4 is 20.1 Å². The number of nitriles is 1. The molecule has 0 aliphatic heterocycles. The summed E-state index contributed by atoms with van der Waals surface area (Å²) in [6.45, 7) is 0. The van der Waals surface area contributed by atoms with Gasteiger partial charge in [-0.05, 0) is 18.2 Å². The van der Waals surface area contributed by atoms with Crippen LogP contribution in [0.5, 0.6) is 11.5 Å². The summed E-state index contributed by atoms with van der Waals surface area (Å²) in [6, 6.07) is 7.48. The molecule has 0 bridgehead atoms. The summed E-state index contributed by atoms with van der Waals surface area (Å²) in [5.41, 5.74) is -1.36. The minimum absolute atomic E-state index is 0.177. The van der Waals surface area contributed by atoms with Crippen LogP contribution in [-0.2, 0) is 11.0 Å². The van der Waals surface area contributed by atoms with E-state index in [4.69, 9.17) is 32.7 Å². The van der Waals surface area contributed by atoms with Crippen molar-refractivity contribution < 1.29 is 27.4 Å². The Balaban J connectivity index is 2.26.